The van der Waals surface area contributed by atoms with E-state index >= 15 is 0 Å². The third-order valence-electron chi connectivity index (χ3n) is 5.60. The molecule has 10 nitrogen and oxygen atoms in total. The van der Waals surface area contributed by atoms with Gasteiger partial charge < -0.3 is 26.3 Å². The molecule has 194 valence electrons. The second-order valence-corrected chi connectivity index (χ2v) is 9.92. The lowest BCUT2D eigenvalue weighted by molar-refractivity contribution is 0.0527. The molecule has 0 radical (unpaired) electrons. The maximum Gasteiger partial charge on any atom is 0.348 e. The number of carbonyl (C=O) groups excluding carboxylic acids is 3. The quantitative estimate of drug-likeness (QED) is 0.269. The number of benzene rings is 1. The Hall–Kier alpha value is -4.47. The van der Waals surface area contributed by atoms with Crippen LogP contribution in [0.4, 0.5) is 16.5 Å². The van der Waals surface area contributed by atoms with Crippen molar-refractivity contribution in [1.82, 2.24) is 4.98 Å². The Labute approximate surface area is 225 Å². The molecule has 0 bridgehead atoms. The number of ether oxygens (including phenoxy) is 2. The van der Waals surface area contributed by atoms with Crippen molar-refractivity contribution in [3.05, 3.63) is 56.8 Å². The maximum atomic E-state index is 13.5. The largest absolute Gasteiger partial charge is 0.462 e. The lowest BCUT2D eigenvalue weighted by atomic mass is 9.97. The molecule has 0 aliphatic carbocycles. The Morgan fingerprint density at radius 2 is 1.68 bits per heavy atom. The number of nitrogens with two attached hydrogens (primary N) is 2. The van der Waals surface area contributed by atoms with E-state index in [2.05, 4.69) is 16.4 Å². The van der Waals surface area contributed by atoms with Gasteiger partial charge in [0.05, 0.1) is 24.5 Å². The minimum atomic E-state index is -0.684. The number of nitriles is 1. The first-order valence-electron chi connectivity index (χ1n) is 11.5. The summed E-state index contributed by atoms with van der Waals surface area (Å²) in [6.07, 6.45) is 0. The SMILES string of the molecule is CCOC(=O)c1sc(NC(=O)c2sc3nc(N)c(C#N)c(-c4ccccc4)c3c2N)c(C(=O)OCC)c1C. The highest BCUT2D eigenvalue weighted by Gasteiger charge is 2.29. The predicted octanol–water partition coefficient (Wildman–Crippen LogP) is 4.98. The van der Waals surface area contributed by atoms with Crippen molar-refractivity contribution < 1.29 is 23.9 Å². The van der Waals surface area contributed by atoms with Gasteiger partial charge in [0.1, 0.15) is 37.0 Å². The van der Waals surface area contributed by atoms with E-state index in [0.29, 0.717) is 26.9 Å². The number of aromatic nitrogens is 1. The number of nitrogens with one attached hydrogen (secondary N) is 1. The van der Waals surface area contributed by atoms with Crippen molar-refractivity contribution in [3.63, 3.8) is 0 Å². The first-order chi connectivity index (χ1) is 18.2. The van der Waals surface area contributed by atoms with E-state index in [-0.39, 0.29) is 50.6 Å². The van der Waals surface area contributed by atoms with Crippen LogP contribution in [0.1, 0.15) is 54.7 Å². The highest BCUT2D eigenvalue weighted by molar-refractivity contribution is 7.22. The molecule has 4 rings (SSSR count). The highest BCUT2D eigenvalue weighted by atomic mass is 32.1. The van der Waals surface area contributed by atoms with Crippen LogP contribution >= 0.6 is 22.7 Å². The number of rotatable bonds is 7. The molecule has 0 aliphatic rings. The Bertz CT molecular complexity index is 1620. The number of nitrogen functional groups attached to an aromatic ring is 2. The predicted molar refractivity (Wildman–Crippen MR) is 148 cm³/mol. The average molecular weight is 550 g/mol. The van der Waals surface area contributed by atoms with E-state index in [1.807, 2.05) is 30.3 Å². The molecule has 0 atom stereocenters. The van der Waals surface area contributed by atoms with Crippen LogP contribution in [0.5, 0.6) is 0 Å². The molecule has 38 heavy (non-hydrogen) atoms. The maximum absolute atomic E-state index is 13.5. The van der Waals surface area contributed by atoms with Gasteiger partial charge in [0.25, 0.3) is 5.91 Å². The molecule has 0 spiro atoms. The van der Waals surface area contributed by atoms with Gasteiger partial charge in [0, 0.05) is 10.9 Å². The van der Waals surface area contributed by atoms with Gasteiger partial charge >= 0.3 is 11.9 Å². The Morgan fingerprint density at radius 3 is 2.32 bits per heavy atom. The van der Waals surface area contributed by atoms with Gasteiger partial charge in [-0.25, -0.2) is 14.6 Å². The molecule has 3 aromatic heterocycles. The summed E-state index contributed by atoms with van der Waals surface area (Å²) in [6, 6.07) is 11.2. The number of esters is 2. The Kier molecular flexibility index (Phi) is 7.61. The zero-order chi connectivity index (χ0) is 27.6. The molecular weight excluding hydrogens is 526 g/mol. The van der Waals surface area contributed by atoms with Crippen LogP contribution < -0.4 is 16.8 Å². The summed E-state index contributed by atoms with van der Waals surface area (Å²) in [6.45, 7) is 5.16. The number of anilines is 3. The molecule has 12 heteroatoms. The summed E-state index contributed by atoms with van der Waals surface area (Å²) in [5, 5.41) is 13.1. The molecule has 3 heterocycles. The highest BCUT2D eigenvalue weighted by Crippen LogP contribution is 2.43. The molecule has 0 saturated heterocycles. The summed E-state index contributed by atoms with van der Waals surface area (Å²) in [5.41, 5.74) is 14.4. The molecular formula is C26H23N5O5S2. The summed E-state index contributed by atoms with van der Waals surface area (Å²) in [5.74, 6) is -1.90. The van der Waals surface area contributed by atoms with E-state index in [1.165, 1.54) is 0 Å². The first-order valence-corrected chi connectivity index (χ1v) is 13.1. The summed E-state index contributed by atoms with van der Waals surface area (Å²) < 4.78 is 10.2. The number of hydrogen-bond donors (Lipinski definition) is 3. The lowest BCUT2D eigenvalue weighted by Gasteiger charge is -2.09. The van der Waals surface area contributed by atoms with Crippen molar-refractivity contribution in [2.24, 2.45) is 0 Å². The number of fused-ring (bicyclic) bond motifs is 1. The molecule has 4 aromatic rings. The summed E-state index contributed by atoms with van der Waals surface area (Å²) in [4.78, 5) is 43.6. The van der Waals surface area contributed by atoms with Crippen molar-refractivity contribution in [2.45, 2.75) is 20.8 Å². The van der Waals surface area contributed by atoms with Crippen LogP contribution in [-0.4, -0.2) is 36.0 Å². The molecule has 1 amide bonds. The Morgan fingerprint density at radius 1 is 1.03 bits per heavy atom. The van der Waals surface area contributed by atoms with Gasteiger partial charge in [-0.05, 0) is 31.9 Å². The number of hydrogen-bond acceptors (Lipinski definition) is 11. The fourth-order valence-corrected chi connectivity index (χ4v) is 6.04. The zero-order valence-electron chi connectivity index (χ0n) is 20.7. The van der Waals surface area contributed by atoms with Crippen molar-refractivity contribution in [3.8, 4) is 17.2 Å². The van der Waals surface area contributed by atoms with E-state index < -0.39 is 17.8 Å². The van der Waals surface area contributed by atoms with Crippen LogP contribution in [0, 0.1) is 18.3 Å². The van der Waals surface area contributed by atoms with Crippen LogP contribution in [-0.2, 0) is 9.47 Å². The van der Waals surface area contributed by atoms with Gasteiger partial charge in [-0.2, -0.15) is 5.26 Å². The van der Waals surface area contributed by atoms with E-state index in [9.17, 15) is 19.6 Å². The van der Waals surface area contributed by atoms with Crippen LogP contribution in [0.2, 0.25) is 0 Å². The number of amides is 1. The van der Waals surface area contributed by atoms with Crippen molar-refractivity contribution >= 4 is 67.2 Å². The molecule has 0 fully saturated rings. The van der Waals surface area contributed by atoms with Gasteiger partial charge in [0.15, 0.2) is 0 Å². The van der Waals surface area contributed by atoms with Crippen molar-refractivity contribution in [2.75, 3.05) is 30.0 Å². The standard InChI is InChI=1S/C26H23N5O5S2/c1-4-35-25(33)15-12(3)19(26(34)36-5-2)37-23(15)31-22(32)20-18(28)17-16(13-9-7-6-8-10-13)14(11-27)21(29)30-24(17)38-20/h6-10H,4-5,28H2,1-3H3,(H2,29,30)(H,31,32). The number of pyridine rings is 1. The number of carbonyl (C=O) groups is 3. The molecule has 1 aromatic carbocycles. The molecule has 0 saturated carbocycles. The minimum absolute atomic E-state index is 0.0182. The van der Waals surface area contributed by atoms with Gasteiger partial charge in [-0.1, -0.05) is 30.3 Å². The zero-order valence-corrected chi connectivity index (χ0v) is 22.3. The first kappa shape index (κ1) is 26.6. The summed E-state index contributed by atoms with van der Waals surface area (Å²) in [7, 11) is 0. The third-order valence-corrected chi connectivity index (χ3v) is 7.88. The van der Waals surface area contributed by atoms with E-state index in [0.717, 1.165) is 22.7 Å². The Balaban J connectivity index is 1.84. The second kappa shape index (κ2) is 10.9. The van der Waals surface area contributed by atoms with Crippen LogP contribution in [0.3, 0.4) is 0 Å². The average Bonchev–Trinajstić information content (AvgIpc) is 3.40. The number of nitrogens with zero attached hydrogens (tertiary/aromatic N) is 2. The van der Waals surface area contributed by atoms with Crippen LogP contribution in [0.25, 0.3) is 21.3 Å². The van der Waals surface area contributed by atoms with E-state index in [4.69, 9.17) is 20.9 Å². The fraction of sp³-hybridized carbons (Fsp3) is 0.192. The number of thiophene rings is 2. The van der Waals surface area contributed by atoms with Crippen molar-refractivity contribution in [1.29, 1.82) is 5.26 Å². The molecule has 0 unspecified atom stereocenters. The van der Waals surface area contributed by atoms with Crippen LogP contribution in [0.15, 0.2) is 30.3 Å². The smallest absolute Gasteiger partial charge is 0.348 e. The van der Waals surface area contributed by atoms with Gasteiger partial charge in [0.2, 0.25) is 0 Å². The van der Waals surface area contributed by atoms with Gasteiger partial charge in [-0.15, -0.1) is 22.7 Å². The third kappa shape index (κ3) is 4.65. The van der Waals surface area contributed by atoms with Gasteiger partial charge in [-0.3, -0.25) is 4.79 Å². The molecule has 5 N–H and O–H groups in total. The van der Waals surface area contributed by atoms with E-state index in [1.54, 1.807) is 20.8 Å². The lowest BCUT2D eigenvalue weighted by Crippen LogP contribution is -2.15. The fourth-order valence-electron chi connectivity index (χ4n) is 3.95. The normalized spacial score (nSPS) is 10.7. The topological polar surface area (TPSA) is 170 Å². The monoisotopic (exact) mass is 549 g/mol. The summed E-state index contributed by atoms with van der Waals surface area (Å²) >= 11 is 1.91. The second-order valence-electron chi connectivity index (χ2n) is 7.91. The minimum Gasteiger partial charge on any atom is -0.462 e. The molecule has 0 aliphatic heterocycles.